The molecule has 0 amide bonds. The van der Waals surface area contributed by atoms with Crippen LogP contribution in [0.3, 0.4) is 0 Å². The number of Topliss-reactive ketones (excluding diaryl/α,β-unsaturated/α-hetero) is 1. The second kappa shape index (κ2) is 4.83. The predicted molar refractivity (Wildman–Crippen MR) is 79.0 cm³/mol. The van der Waals surface area contributed by atoms with Gasteiger partial charge in [-0.25, -0.2) is 0 Å². The SMILES string of the molecule is Cl.O=C1CCC[C@H]2[C@H]3Cc4ccccc4[C@@]12CC[NH+]3[O-]. The molecule has 1 saturated heterocycles. The van der Waals surface area contributed by atoms with Crippen molar-refractivity contribution in [1.82, 2.24) is 0 Å². The zero-order valence-corrected chi connectivity index (χ0v) is 12.2. The van der Waals surface area contributed by atoms with E-state index in [2.05, 4.69) is 12.1 Å². The van der Waals surface area contributed by atoms with Crippen molar-refractivity contribution in [2.24, 2.45) is 5.92 Å². The highest BCUT2D eigenvalue weighted by molar-refractivity contribution is 5.92. The van der Waals surface area contributed by atoms with E-state index in [1.54, 1.807) is 0 Å². The molecule has 0 spiro atoms. The Balaban J connectivity index is 0.00000121. The van der Waals surface area contributed by atoms with E-state index in [-0.39, 0.29) is 29.8 Å². The van der Waals surface area contributed by atoms with E-state index in [0.717, 1.165) is 25.7 Å². The Hall–Kier alpha value is -0.900. The van der Waals surface area contributed by atoms with Gasteiger partial charge < -0.3 is 10.3 Å². The molecule has 108 valence electrons. The minimum atomic E-state index is -0.314. The first kappa shape index (κ1) is 14.1. The number of benzene rings is 1. The van der Waals surface area contributed by atoms with Crippen molar-refractivity contribution in [3.63, 3.8) is 0 Å². The van der Waals surface area contributed by atoms with Crippen molar-refractivity contribution in [3.05, 3.63) is 40.6 Å². The number of carbonyl (C=O) groups is 1. The van der Waals surface area contributed by atoms with Crippen molar-refractivity contribution in [2.45, 2.75) is 43.6 Å². The van der Waals surface area contributed by atoms with Gasteiger partial charge in [-0.1, -0.05) is 24.3 Å². The minimum Gasteiger partial charge on any atom is -0.634 e. The van der Waals surface area contributed by atoms with Crippen molar-refractivity contribution in [3.8, 4) is 0 Å². The average Bonchev–Trinajstić information content (AvgIpc) is 2.43. The minimum absolute atomic E-state index is 0. The maximum absolute atomic E-state index is 12.7. The van der Waals surface area contributed by atoms with Crippen LogP contribution in [0.1, 0.15) is 36.8 Å². The fourth-order valence-electron chi connectivity index (χ4n) is 4.87. The monoisotopic (exact) mass is 293 g/mol. The lowest BCUT2D eigenvalue weighted by Crippen LogP contribution is -3.15. The molecule has 4 rings (SSSR count). The van der Waals surface area contributed by atoms with Gasteiger partial charge in [0.1, 0.15) is 5.78 Å². The van der Waals surface area contributed by atoms with Gasteiger partial charge in [-0.15, -0.1) is 12.4 Å². The number of quaternary nitrogens is 1. The summed E-state index contributed by atoms with van der Waals surface area (Å²) in [5.41, 5.74) is 2.17. The third-order valence-electron chi connectivity index (χ3n) is 5.65. The highest BCUT2D eigenvalue weighted by Crippen LogP contribution is 2.50. The van der Waals surface area contributed by atoms with Crippen LogP contribution in [0.15, 0.2) is 24.3 Å². The van der Waals surface area contributed by atoms with E-state index in [1.165, 1.54) is 11.1 Å². The molecule has 0 aromatic heterocycles. The Morgan fingerprint density at radius 3 is 2.95 bits per heavy atom. The molecule has 1 saturated carbocycles. The van der Waals surface area contributed by atoms with Gasteiger partial charge in [0, 0.05) is 25.2 Å². The first-order valence-corrected chi connectivity index (χ1v) is 7.38. The van der Waals surface area contributed by atoms with E-state index >= 15 is 0 Å². The van der Waals surface area contributed by atoms with Crippen LogP contribution in [0.2, 0.25) is 0 Å². The summed E-state index contributed by atoms with van der Waals surface area (Å²) in [5.74, 6) is 0.679. The highest BCUT2D eigenvalue weighted by Gasteiger charge is 2.58. The van der Waals surface area contributed by atoms with Gasteiger partial charge in [0.2, 0.25) is 0 Å². The summed E-state index contributed by atoms with van der Waals surface area (Å²) in [6.45, 7) is 0.598. The second-order valence-corrected chi connectivity index (χ2v) is 6.33. The number of rotatable bonds is 0. The molecule has 3 nitrogen and oxygen atoms in total. The predicted octanol–water partition coefficient (Wildman–Crippen LogP) is 1.43. The van der Waals surface area contributed by atoms with E-state index in [4.69, 9.17) is 0 Å². The van der Waals surface area contributed by atoms with Crippen molar-refractivity contribution >= 4 is 18.2 Å². The summed E-state index contributed by atoms with van der Waals surface area (Å²) < 4.78 is 0. The molecule has 2 aliphatic carbocycles. The Kier molecular flexibility index (Phi) is 3.39. The number of halogens is 1. The molecule has 1 aromatic rings. The Morgan fingerprint density at radius 1 is 1.30 bits per heavy atom. The molecule has 4 atom stereocenters. The lowest BCUT2D eigenvalue weighted by atomic mass is 9.52. The van der Waals surface area contributed by atoms with Crippen LogP contribution in [0.5, 0.6) is 0 Å². The molecule has 0 radical (unpaired) electrons. The van der Waals surface area contributed by atoms with Gasteiger partial charge in [0.15, 0.2) is 0 Å². The molecule has 1 N–H and O–H groups in total. The van der Waals surface area contributed by atoms with E-state index in [1.807, 2.05) is 12.1 Å². The van der Waals surface area contributed by atoms with E-state index < -0.39 is 0 Å². The standard InChI is InChI=1S/C16H19NO2.ClH/c18-15-7-3-6-13-14-10-11-4-1-2-5-12(11)16(13,15)8-9-17(14)19;/h1-2,4-5,13-14,17H,3,6-10H2;1H/t13-,14+,16+;/m0./s1. The largest absolute Gasteiger partial charge is 0.634 e. The van der Waals surface area contributed by atoms with Gasteiger partial charge in [-0.05, 0) is 24.0 Å². The molecule has 2 bridgehead atoms. The third kappa shape index (κ3) is 1.63. The number of nitrogens with one attached hydrogen (secondary N) is 1. The third-order valence-corrected chi connectivity index (χ3v) is 5.65. The summed E-state index contributed by atoms with van der Waals surface area (Å²) in [6.07, 6.45) is 4.33. The number of hydroxylamine groups is 2. The highest BCUT2D eigenvalue weighted by atomic mass is 35.5. The molecule has 1 aromatic carbocycles. The molecule has 4 heteroatoms. The van der Waals surface area contributed by atoms with Gasteiger partial charge in [0.25, 0.3) is 0 Å². The maximum Gasteiger partial charge on any atom is 0.144 e. The topological polar surface area (TPSA) is 44.6 Å². The van der Waals surface area contributed by atoms with Crippen LogP contribution < -0.4 is 5.06 Å². The smallest absolute Gasteiger partial charge is 0.144 e. The summed E-state index contributed by atoms with van der Waals surface area (Å²) >= 11 is 0. The van der Waals surface area contributed by atoms with Crippen molar-refractivity contribution in [1.29, 1.82) is 0 Å². The fourth-order valence-corrected chi connectivity index (χ4v) is 4.87. The molecule has 1 heterocycles. The molecule has 3 aliphatic rings. The fraction of sp³-hybridized carbons (Fsp3) is 0.562. The number of hydrogen-bond donors (Lipinski definition) is 1. The quantitative estimate of drug-likeness (QED) is 0.736. The first-order chi connectivity index (χ1) is 9.23. The van der Waals surface area contributed by atoms with Crippen molar-refractivity contribution < 1.29 is 9.86 Å². The van der Waals surface area contributed by atoms with Gasteiger partial charge >= 0.3 is 0 Å². The lowest BCUT2D eigenvalue weighted by Gasteiger charge is -2.56. The second-order valence-electron chi connectivity index (χ2n) is 6.33. The molecular formula is C16H20ClNO2. The zero-order chi connectivity index (χ0) is 13.0. The average molecular weight is 294 g/mol. The maximum atomic E-state index is 12.7. The van der Waals surface area contributed by atoms with Crippen LogP contribution in [-0.2, 0) is 16.6 Å². The number of carbonyl (C=O) groups excluding carboxylic acids is 1. The summed E-state index contributed by atoms with van der Waals surface area (Å²) in [4.78, 5) is 12.7. The molecular weight excluding hydrogens is 274 g/mol. The van der Waals surface area contributed by atoms with Crippen LogP contribution in [0.25, 0.3) is 0 Å². The molecule has 2 fully saturated rings. The number of hydrogen-bond acceptors (Lipinski definition) is 2. The van der Waals surface area contributed by atoms with E-state index in [0.29, 0.717) is 23.8 Å². The lowest BCUT2D eigenvalue weighted by molar-refractivity contribution is -0.888. The molecule has 1 aliphatic heterocycles. The van der Waals surface area contributed by atoms with Crippen molar-refractivity contribution in [2.75, 3.05) is 6.54 Å². The number of piperidine rings is 1. The summed E-state index contributed by atoms with van der Waals surface area (Å²) in [7, 11) is 0. The Labute approximate surface area is 125 Å². The van der Waals surface area contributed by atoms with Gasteiger partial charge in [0.05, 0.1) is 18.0 Å². The summed E-state index contributed by atoms with van der Waals surface area (Å²) in [5, 5.41) is 12.7. The first-order valence-electron chi connectivity index (χ1n) is 7.38. The molecule has 20 heavy (non-hydrogen) atoms. The normalized spacial score (nSPS) is 38.5. The van der Waals surface area contributed by atoms with E-state index in [9.17, 15) is 10.0 Å². The Morgan fingerprint density at radius 2 is 2.10 bits per heavy atom. The number of fused-ring (bicyclic) bond motifs is 1. The summed E-state index contributed by atoms with van der Waals surface area (Å²) in [6, 6.07) is 8.43. The van der Waals surface area contributed by atoms with Crippen LogP contribution >= 0.6 is 12.4 Å². The zero-order valence-electron chi connectivity index (χ0n) is 11.4. The van der Waals surface area contributed by atoms with Crippen LogP contribution in [0, 0.1) is 11.1 Å². The Bertz CT molecular complexity index is 547. The molecule has 1 unspecified atom stereocenters. The van der Waals surface area contributed by atoms with Crippen LogP contribution in [0.4, 0.5) is 0 Å². The van der Waals surface area contributed by atoms with Gasteiger partial charge in [-0.3, -0.25) is 4.79 Å². The van der Waals surface area contributed by atoms with Crippen LogP contribution in [-0.4, -0.2) is 18.4 Å². The number of ketones is 1. The van der Waals surface area contributed by atoms with Gasteiger partial charge in [-0.2, -0.15) is 0 Å².